The second kappa shape index (κ2) is 3.82. The van der Waals surface area contributed by atoms with Crippen molar-refractivity contribution < 1.29 is 4.39 Å². The first kappa shape index (κ1) is 9.86. The van der Waals surface area contributed by atoms with Crippen LogP contribution in [0.4, 0.5) is 10.2 Å². The minimum atomic E-state index is -0.369. The SMILES string of the molecule is Nc1cc(-c2cc(F)ccc2Cl)ncn1. The number of benzene rings is 1. The fourth-order valence-electron chi connectivity index (χ4n) is 1.21. The molecule has 0 fully saturated rings. The number of rotatable bonds is 1. The lowest BCUT2D eigenvalue weighted by Crippen LogP contribution is -1.93. The Hall–Kier alpha value is -1.68. The first-order chi connectivity index (χ1) is 7.16. The van der Waals surface area contributed by atoms with Gasteiger partial charge in [-0.2, -0.15) is 0 Å². The lowest BCUT2D eigenvalue weighted by Gasteiger charge is -2.03. The number of hydrogen-bond donors (Lipinski definition) is 1. The number of halogens is 2. The van der Waals surface area contributed by atoms with Crippen LogP contribution in [0.3, 0.4) is 0 Å². The molecule has 2 N–H and O–H groups in total. The van der Waals surface area contributed by atoms with Crippen LogP contribution < -0.4 is 5.73 Å². The van der Waals surface area contributed by atoms with Crippen molar-refractivity contribution in [3.8, 4) is 11.3 Å². The first-order valence-electron chi connectivity index (χ1n) is 4.20. The van der Waals surface area contributed by atoms with Crippen molar-refractivity contribution in [2.24, 2.45) is 0 Å². The predicted octanol–water partition coefficient (Wildman–Crippen LogP) is 2.52. The Morgan fingerprint density at radius 1 is 1.20 bits per heavy atom. The monoisotopic (exact) mass is 223 g/mol. The summed E-state index contributed by atoms with van der Waals surface area (Å²) >= 11 is 5.92. The van der Waals surface area contributed by atoms with Crippen LogP contribution >= 0.6 is 11.6 Å². The van der Waals surface area contributed by atoms with Crippen molar-refractivity contribution >= 4 is 17.4 Å². The summed E-state index contributed by atoms with van der Waals surface area (Å²) in [5.41, 5.74) is 6.51. The van der Waals surface area contributed by atoms with Crippen LogP contribution in [-0.4, -0.2) is 9.97 Å². The predicted molar refractivity (Wildman–Crippen MR) is 56.8 cm³/mol. The first-order valence-corrected chi connectivity index (χ1v) is 4.57. The molecule has 3 nitrogen and oxygen atoms in total. The Morgan fingerprint density at radius 3 is 2.73 bits per heavy atom. The van der Waals surface area contributed by atoms with E-state index in [9.17, 15) is 4.39 Å². The van der Waals surface area contributed by atoms with E-state index < -0.39 is 0 Å². The van der Waals surface area contributed by atoms with Gasteiger partial charge in [0.1, 0.15) is 18.0 Å². The van der Waals surface area contributed by atoms with E-state index in [0.717, 1.165) is 0 Å². The molecule has 15 heavy (non-hydrogen) atoms. The van der Waals surface area contributed by atoms with Gasteiger partial charge < -0.3 is 5.73 Å². The van der Waals surface area contributed by atoms with Gasteiger partial charge in [-0.1, -0.05) is 11.6 Å². The molecule has 0 bridgehead atoms. The second-order valence-electron chi connectivity index (χ2n) is 2.95. The van der Waals surface area contributed by atoms with Crippen LogP contribution in [0, 0.1) is 5.82 Å². The molecule has 2 aromatic rings. The molecule has 5 heteroatoms. The third-order valence-electron chi connectivity index (χ3n) is 1.89. The van der Waals surface area contributed by atoms with Gasteiger partial charge in [-0.15, -0.1) is 0 Å². The largest absolute Gasteiger partial charge is 0.384 e. The van der Waals surface area contributed by atoms with Gasteiger partial charge in [-0.05, 0) is 18.2 Å². The Balaban J connectivity index is 2.58. The maximum absolute atomic E-state index is 13.0. The number of nitrogens with zero attached hydrogens (tertiary/aromatic N) is 2. The summed E-state index contributed by atoms with van der Waals surface area (Å²) in [6.07, 6.45) is 1.31. The van der Waals surface area contributed by atoms with Crippen molar-refractivity contribution in [3.63, 3.8) is 0 Å². The van der Waals surface area contributed by atoms with Crippen molar-refractivity contribution in [3.05, 3.63) is 41.4 Å². The molecule has 0 saturated heterocycles. The molecule has 0 aliphatic carbocycles. The van der Waals surface area contributed by atoms with Gasteiger partial charge in [0.2, 0.25) is 0 Å². The molecule has 0 radical (unpaired) electrons. The summed E-state index contributed by atoms with van der Waals surface area (Å²) in [5, 5.41) is 0.425. The van der Waals surface area contributed by atoms with Crippen molar-refractivity contribution in [2.75, 3.05) is 5.73 Å². The molecule has 0 spiro atoms. The minimum absolute atomic E-state index is 0.320. The van der Waals surface area contributed by atoms with Gasteiger partial charge in [0.25, 0.3) is 0 Å². The second-order valence-corrected chi connectivity index (χ2v) is 3.36. The number of hydrogen-bond acceptors (Lipinski definition) is 3. The molecule has 0 amide bonds. The van der Waals surface area contributed by atoms with Crippen molar-refractivity contribution in [1.82, 2.24) is 9.97 Å². The highest BCUT2D eigenvalue weighted by atomic mass is 35.5. The van der Waals surface area contributed by atoms with Gasteiger partial charge >= 0.3 is 0 Å². The minimum Gasteiger partial charge on any atom is -0.384 e. The smallest absolute Gasteiger partial charge is 0.127 e. The molecule has 0 saturated carbocycles. The summed E-state index contributed by atoms with van der Waals surface area (Å²) in [4.78, 5) is 7.72. The Labute approximate surface area is 90.7 Å². The third kappa shape index (κ3) is 2.05. The van der Waals surface area contributed by atoms with Gasteiger partial charge in [-0.3, -0.25) is 0 Å². The number of aromatic nitrogens is 2. The molecule has 1 aromatic carbocycles. The summed E-state index contributed by atoms with van der Waals surface area (Å²) in [6.45, 7) is 0. The Kier molecular flexibility index (Phi) is 2.51. The molecule has 0 unspecified atom stereocenters. The van der Waals surface area contributed by atoms with Gasteiger partial charge in [0.15, 0.2) is 0 Å². The number of anilines is 1. The average molecular weight is 224 g/mol. The van der Waals surface area contributed by atoms with Crippen LogP contribution in [0.25, 0.3) is 11.3 Å². The highest BCUT2D eigenvalue weighted by Crippen LogP contribution is 2.27. The summed E-state index contributed by atoms with van der Waals surface area (Å²) in [7, 11) is 0. The summed E-state index contributed by atoms with van der Waals surface area (Å²) in [5.74, 6) is -0.0492. The zero-order chi connectivity index (χ0) is 10.8. The van der Waals surface area contributed by atoms with E-state index in [4.69, 9.17) is 17.3 Å². The van der Waals surface area contributed by atoms with E-state index in [1.54, 1.807) is 6.07 Å². The van der Waals surface area contributed by atoms with E-state index in [0.29, 0.717) is 22.1 Å². The van der Waals surface area contributed by atoms with Crippen molar-refractivity contribution in [1.29, 1.82) is 0 Å². The molecule has 0 aliphatic rings. The quantitative estimate of drug-likeness (QED) is 0.808. The fourth-order valence-corrected chi connectivity index (χ4v) is 1.43. The molecule has 0 atom stereocenters. The van der Waals surface area contributed by atoms with E-state index in [-0.39, 0.29) is 5.82 Å². The summed E-state index contributed by atoms with van der Waals surface area (Å²) in [6, 6.07) is 5.62. The van der Waals surface area contributed by atoms with Crippen LogP contribution in [0.2, 0.25) is 5.02 Å². The highest BCUT2D eigenvalue weighted by Gasteiger charge is 2.06. The molecule has 1 aromatic heterocycles. The maximum Gasteiger partial charge on any atom is 0.127 e. The topological polar surface area (TPSA) is 51.8 Å². The summed E-state index contributed by atoms with van der Waals surface area (Å²) < 4.78 is 13.0. The van der Waals surface area contributed by atoms with Gasteiger partial charge in [-0.25, -0.2) is 14.4 Å². The van der Waals surface area contributed by atoms with Crippen LogP contribution in [0.5, 0.6) is 0 Å². The number of nitrogens with two attached hydrogens (primary N) is 1. The zero-order valence-electron chi connectivity index (χ0n) is 7.61. The molecular formula is C10H7ClFN3. The molecule has 2 rings (SSSR count). The van der Waals surface area contributed by atoms with E-state index >= 15 is 0 Å². The Morgan fingerprint density at radius 2 is 2.00 bits per heavy atom. The molecular weight excluding hydrogens is 217 g/mol. The molecule has 1 heterocycles. The molecule has 0 aliphatic heterocycles. The van der Waals surface area contributed by atoms with E-state index in [2.05, 4.69) is 9.97 Å². The average Bonchev–Trinajstić information content (AvgIpc) is 2.22. The number of nitrogen functional groups attached to an aromatic ring is 1. The lowest BCUT2D eigenvalue weighted by atomic mass is 10.1. The fraction of sp³-hybridized carbons (Fsp3) is 0. The van der Waals surface area contributed by atoms with Crippen molar-refractivity contribution in [2.45, 2.75) is 0 Å². The lowest BCUT2D eigenvalue weighted by molar-refractivity contribution is 0.628. The zero-order valence-corrected chi connectivity index (χ0v) is 8.37. The van der Waals surface area contributed by atoms with Crippen LogP contribution in [0.15, 0.2) is 30.6 Å². The van der Waals surface area contributed by atoms with Gasteiger partial charge in [0, 0.05) is 11.6 Å². The highest BCUT2D eigenvalue weighted by molar-refractivity contribution is 6.33. The normalized spacial score (nSPS) is 10.3. The third-order valence-corrected chi connectivity index (χ3v) is 2.22. The standard InChI is InChI=1S/C10H7ClFN3/c11-8-2-1-6(12)3-7(8)9-4-10(13)15-5-14-9/h1-5H,(H2,13,14,15). The van der Waals surface area contributed by atoms with Crippen LogP contribution in [0.1, 0.15) is 0 Å². The Bertz CT molecular complexity index is 502. The molecule has 76 valence electrons. The van der Waals surface area contributed by atoms with Crippen LogP contribution in [-0.2, 0) is 0 Å². The van der Waals surface area contributed by atoms with E-state index in [1.165, 1.54) is 24.5 Å². The van der Waals surface area contributed by atoms with E-state index in [1.807, 2.05) is 0 Å². The maximum atomic E-state index is 13.0. The van der Waals surface area contributed by atoms with Gasteiger partial charge in [0.05, 0.1) is 10.7 Å².